The molecule has 1 amide bonds. The van der Waals surface area contributed by atoms with Crippen LogP contribution in [-0.4, -0.2) is 30.0 Å². The van der Waals surface area contributed by atoms with Crippen molar-refractivity contribution in [3.8, 4) is 5.75 Å². The third-order valence-corrected chi connectivity index (χ3v) is 3.97. The number of rotatable bonds is 7. The van der Waals surface area contributed by atoms with Crippen molar-refractivity contribution in [2.45, 2.75) is 13.8 Å². The molecule has 0 aliphatic carbocycles. The Morgan fingerprint density at radius 3 is 2.48 bits per heavy atom. The van der Waals surface area contributed by atoms with Gasteiger partial charge < -0.3 is 14.8 Å². The van der Waals surface area contributed by atoms with Gasteiger partial charge in [-0.1, -0.05) is 11.6 Å². The van der Waals surface area contributed by atoms with Gasteiger partial charge in [0.1, 0.15) is 5.75 Å². The number of hydrogen-bond donors (Lipinski definition) is 1. The lowest BCUT2D eigenvalue weighted by atomic mass is 10.2. The van der Waals surface area contributed by atoms with Crippen molar-refractivity contribution in [1.82, 2.24) is 0 Å². The summed E-state index contributed by atoms with van der Waals surface area (Å²) in [5.74, 6) is -0.819. The number of benzene rings is 2. The van der Waals surface area contributed by atoms with Gasteiger partial charge in [0.05, 0.1) is 4.92 Å². The van der Waals surface area contributed by atoms with Crippen LogP contribution in [0.25, 0.3) is 0 Å². The van der Waals surface area contributed by atoms with E-state index in [1.165, 1.54) is 18.2 Å². The van der Waals surface area contributed by atoms with Crippen LogP contribution in [0.4, 0.5) is 11.4 Å². The zero-order valence-corrected chi connectivity index (χ0v) is 15.4. The van der Waals surface area contributed by atoms with Crippen LogP contribution >= 0.6 is 11.6 Å². The molecule has 8 nitrogen and oxygen atoms in total. The number of carbonyl (C=O) groups excluding carboxylic acids is 2. The number of anilines is 1. The van der Waals surface area contributed by atoms with Crippen molar-refractivity contribution < 1.29 is 24.0 Å². The van der Waals surface area contributed by atoms with E-state index in [0.717, 1.165) is 5.56 Å². The molecule has 27 heavy (non-hydrogen) atoms. The highest BCUT2D eigenvalue weighted by atomic mass is 35.5. The number of halogens is 1. The van der Waals surface area contributed by atoms with Gasteiger partial charge in [-0.2, -0.15) is 0 Å². The SMILES string of the molecule is Cc1cc(OCC(=O)OCC(=O)Nc2ccc([N+](=O)[O-])cc2C)ccc1Cl. The van der Waals surface area contributed by atoms with Crippen LogP contribution in [0.5, 0.6) is 5.75 Å². The number of aryl methyl sites for hydroxylation is 2. The minimum Gasteiger partial charge on any atom is -0.482 e. The lowest BCUT2D eigenvalue weighted by Gasteiger charge is -2.10. The maximum atomic E-state index is 11.9. The number of nitro benzene ring substituents is 1. The van der Waals surface area contributed by atoms with Gasteiger partial charge >= 0.3 is 5.97 Å². The molecule has 0 unspecified atom stereocenters. The fraction of sp³-hybridized carbons (Fsp3) is 0.222. The zero-order chi connectivity index (χ0) is 20.0. The summed E-state index contributed by atoms with van der Waals surface area (Å²) in [5.41, 5.74) is 1.65. The Morgan fingerprint density at radius 2 is 1.85 bits per heavy atom. The van der Waals surface area contributed by atoms with Crippen molar-refractivity contribution in [3.05, 3.63) is 62.7 Å². The molecule has 0 aliphatic heterocycles. The molecule has 9 heteroatoms. The molecule has 2 aromatic rings. The minimum absolute atomic E-state index is 0.0773. The fourth-order valence-electron chi connectivity index (χ4n) is 2.12. The lowest BCUT2D eigenvalue weighted by Crippen LogP contribution is -2.24. The van der Waals surface area contributed by atoms with E-state index >= 15 is 0 Å². The Kier molecular flexibility index (Phi) is 6.73. The maximum absolute atomic E-state index is 11.9. The number of carbonyl (C=O) groups is 2. The highest BCUT2D eigenvalue weighted by molar-refractivity contribution is 6.31. The summed E-state index contributed by atoms with van der Waals surface area (Å²) in [6, 6.07) is 8.98. The number of esters is 1. The van der Waals surface area contributed by atoms with Crippen LogP contribution in [0.15, 0.2) is 36.4 Å². The first kappa shape index (κ1) is 20.2. The van der Waals surface area contributed by atoms with E-state index in [0.29, 0.717) is 22.0 Å². The van der Waals surface area contributed by atoms with Crippen molar-refractivity contribution in [2.24, 2.45) is 0 Å². The van der Waals surface area contributed by atoms with Crippen LogP contribution in [0.1, 0.15) is 11.1 Å². The normalized spacial score (nSPS) is 10.2. The number of hydrogen-bond acceptors (Lipinski definition) is 6. The minimum atomic E-state index is -0.710. The average Bonchev–Trinajstić information content (AvgIpc) is 2.62. The molecule has 2 aromatic carbocycles. The summed E-state index contributed by atoms with van der Waals surface area (Å²) >= 11 is 5.90. The van der Waals surface area contributed by atoms with E-state index in [-0.39, 0.29) is 12.3 Å². The molecule has 0 heterocycles. The van der Waals surface area contributed by atoms with Gasteiger partial charge in [-0.3, -0.25) is 14.9 Å². The fourth-order valence-corrected chi connectivity index (χ4v) is 2.24. The predicted molar refractivity (Wildman–Crippen MR) is 99.1 cm³/mol. The number of ether oxygens (including phenoxy) is 2. The van der Waals surface area contributed by atoms with E-state index < -0.39 is 23.4 Å². The second-order valence-corrected chi connectivity index (χ2v) is 6.07. The number of nitrogens with zero attached hydrogens (tertiary/aromatic N) is 1. The molecule has 1 N–H and O–H groups in total. The van der Waals surface area contributed by atoms with Gasteiger partial charge in [0.25, 0.3) is 11.6 Å². The predicted octanol–water partition coefficient (Wildman–Crippen LogP) is 3.43. The molecule has 0 atom stereocenters. The molecular formula is C18H17ClN2O6. The van der Waals surface area contributed by atoms with Crippen molar-refractivity contribution in [2.75, 3.05) is 18.5 Å². The van der Waals surface area contributed by atoms with Gasteiger partial charge in [-0.05, 0) is 49.2 Å². The van der Waals surface area contributed by atoms with E-state index in [9.17, 15) is 19.7 Å². The first-order valence-electron chi connectivity index (χ1n) is 7.85. The number of nitrogens with one attached hydrogen (secondary N) is 1. The van der Waals surface area contributed by atoms with Crippen LogP contribution in [0, 0.1) is 24.0 Å². The van der Waals surface area contributed by atoms with Gasteiger partial charge in [-0.15, -0.1) is 0 Å². The summed E-state index contributed by atoms with van der Waals surface area (Å²) in [6.07, 6.45) is 0. The van der Waals surface area contributed by atoms with E-state index in [1.54, 1.807) is 32.0 Å². The van der Waals surface area contributed by atoms with Crippen molar-refractivity contribution in [1.29, 1.82) is 0 Å². The Bertz CT molecular complexity index is 884. The van der Waals surface area contributed by atoms with Gasteiger partial charge in [0.2, 0.25) is 0 Å². The topological polar surface area (TPSA) is 108 Å². The second-order valence-electron chi connectivity index (χ2n) is 5.66. The third kappa shape index (κ3) is 5.96. The molecule has 0 radical (unpaired) electrons. The Balaban J connectivity index is 1.80. The number of non-ortho nitro benzene ring substituents is 1. The molecule has 0 bridgehead atoms. The Hall–Kier alpha value is -3.13. The summed E-state index contributed by atoms with van der Waals surface area (Å²) in [4.78, 5) is 33.7. The molecule has 0 saturated heterocycles. The smallest absolute Gasteiger partial charge is 0.344 e. The van der Waals surface area contributed by atoms with E-state index in [4.69, 9.17) is 21.1 Å². The largest absolute Gasteiger partial charge is 0.482 e. The molecule has 0 aromatic heterocycles. The molecule has 0 fully saturated rings. The van der Waals surface area contributed by atoms with Gasteiger partial charge in [0, 0.05) is 22.8 Å². The maximum Gasteiger partial charge on any atom is 0.344 e. The first-order valence-corrected chi connectivity index (χ1v) is 8.23. The standard InChI is InChI=1S/C18H17ClN2O6/c1-11-8-14(4-5-15(11)19)26-10-18(23)27-9-17(22)20-16-6-3-13(21(24)25)7-12(16)2/h3-8H,9-10H2,1-2H3,(H,20,22). The number of nitro groups is 1. The summed E-state index contributed by atoms with van der Waals surface area (Å²) in [6.45, 7) is 2.57. The quantitative estimate of drug-likeness (QED) is 0.439. The Morgan fingerprint density at radius 1 is 1.11 bits per heavy atom. The monoisotopic (exact) mass is 392 g/mol. The number of amides is 1. The van der Waals surface area contributed by atoms with Crippen LogP contribution < -0.4 is 10.1 Å². The van der Waals surface area contributed by atoms with E-state index in [1.807, 2.05) is 0 Å². The zero-order valence-electron chi connectivity index (χ0n) is 14.7. The van der Waals surface area contributed by atoms with Crippen molar-refractivity contribution in [3.63, 3.8) is 0 Å². The highest BCUT2D eigenvalue weighted by Crippen LogP contribution is 2.22. The summed E-state index contributed by atoms with van der Waals surface area (Å²) in [7, 11) is 0. The highest BCUT2D eigenvalue weighted by Gasteiger charge is 2.12. The average molecular weight is 393 g/mol. The summed E-state index contributed by atoms with van der Waals surface area (Å²) < 4.78 is 10.1. The van der Waals surface area contributed by atoms with Crippen LogP contribution in [0.2, 0.25) is 5.02 Å². The van der Waals surface area contributed by atoms with Gasteiger partial charge in [0.15, 0.2) is 13.2 Å². The molecule has 0 saturated carbocycles. The molecule has 0 spiro atoms. The molecule has 2 rings (SSSR count). The van der Waals surface area contributed by atoms with Crippen LogP contribution in [-0.2, 0) is 14.3 Å². The van der Waals surface area contributed by atoms with Gasteiger partial charge in [-0.25, -0.2) is 4.79 Å². The third-order valence-electron chi connectivity index (χ3n) is 3.55. The molecule has 142 valence electrons. The van der Waals surface area contributed by atoms with Crippen LogP contribution in [0.3, 0.4) is 0 Å². The summed E-state index contributed by atoms with van der Waals surface area (Å²) in [5, 5.41) is 13.8. The molecular weight excluding hydrogens is 376 g/mol. The van der Waals surface area contributed by atoms with E-state index in [2.05, 4.69) is 5.32 Å². The first-order chi connectivity index (χ1) is 12.8. The van der Waals surface area contributed by atoms with Crippen molar-refractivity contribution >= 4 is 34.9 Å². The Labute approximate surface area is 160 Å². The lowest BCUT2D eigenvalue weighted by molar-refractivity contribution is -0.384. The second kappa shape index (κ2) is 9.00. The molecule has 0 aliphatic rings.